The van der Waals surface area contributed by atoms with Gasteiger partial charge in [0.05, 0.1) is 0 Å². The maximum absolute atomic E-state index is 5.32. The van der Waals surface area contributed by atoms with Gasteiger partial charge in [0, 0.05) is 25.0 Å². The van der Waals surface area contributed by atoms with E-state index in [9.17, 15) is 0 Å². The van der Waals surface area contributed by atoms with E-state index < -0.39 is 0 Å². The molecule has 15 heavy (non-hydrogen) atoms. The van der Waals surface area contributed by atoms with Crippen molar-refractivity contribution in [3.05, 3.63) is 24.0 Å². The summed E-state index contributed by atoms with van der Waals surface area (Å²) in [5.74, 6) is 6.53. The van der Waals surface area contributed by atoms with Gasteiger partial charge in [0.15, 0.2) is 5.82 Å². The molecule has 0 saturated carbocycles. The molecule has 0 saturated heterocycles. The third kappa shape index (κ3) is 1.79. The molecule has 0 bridgehead atoms. The Hall–Kier alpha value is -1.95. The molecule has 0 aliphatic heterocycles. The first-order valence-corrected chi connectivity index (χ1v) is 4.51. The molecule has 2 rings (SSSR count). The summed E-state index contributed by atoms with van der Waals surface area (Å²) in [5, 5.41) is 4.06. The molecule has 0 aromatic carbocycles. The Balaban J connectivity index is 2.53. The zero-order valence-electron chi connectivity index (χ0n) is 8.60. The van der Waals surface area contributed by atoms with Gasteiger partial charge in [-0.25, -0.2) is 15.8 Å². The molecular weight excluding hydrogens is 192 g/mol. The van der Waals surface area contributed by atoms with Crippen molar-refractivity contribution in [3.8, 4) is 11.5 Å². The molecule has 0 amide bonds. The van der Waals surface area contributed by atoms with Crippen LogP contribution in [0.4, 0.5) is 5.82 Å². The normalized spacial score (nSPS) is 10.3. The Bertz CT molecular complexity index is 475. The van der Waals surface area contributed by atoms with Gasteiger partial charge < -0.3 is 5.43 Å². The minimum absolute atomic E-state index is 0.596. The average Bonchev–Trinajstić information content (AvgIpc) is 2.63. The summed E-state index contributed by atoms with van der Waals surface area (Å²) in [6.07, 6.45) is 1.70. The fourth-order valence-electron chi connectivity index (χ4n) is 1.35. The smallest absolute Gasteiger partial charge is 0.180 e. The molecule has 0 atom stereocenters. The highest BCUT2D eigenvalue weighted by Crippen LogP contribution is 2.15. The van der Waals surface area contributed by atoms with Crippen LogP contribution < -0.4 is 11.3 Å². The molecule has 0 spiro atoms. The van der Waals surface area contributed by atoms with Crippen molar-refractivity contribution in [2.75, 3.05) is 5.43 Å². The van der Waals surface area contributed by atoms with Gasteiger partial charge in [0.25, 0.3) is 0 Å². The van der Waals surface area contributed by atoms with Crippen molar-refractivity contribution in [2.24, 2.45) is 12.9 Å². The zero-order valence-corrected chi connectivity index (χ0v) is 8.60. The predicted octanol–water partition coefficient (Wildman–Crippen LogP) is 0.471. The van der Waals surface area contributed by atoms with Crippen LogP contribution in [0.3, 0.4) is 0 Å². The Kier molecular flexibility index (Phi) is 2.34. The lowest BCUT2D eigenvalue weighted by atomic mass is 10.3. The molecule has 3 N–H and O–H groups in total. The number of rotatable bonds is 2. The lowest BCUT2D eigenvalue weighted by molar-refractivity contribution is 0.769. The second-order valence-corrected chi connectivity index (χ2v) is 3.20. The SMILES string of the molecule is Cc1cc(NN)nc(-c2ccnn2C)n1. The van der Waals surface area contributed by atoms with Crippen LogP contribution in [-0.4, -0.2) is 19.7 Å². The summed E-state index contributed by atoms with van der Waals surface area (Å²) >= 11 is 0. The van der Waals surface area contributed by atoms with Gasteiger partial charge in [-0.05, 0) is 13.0 Å². The second kappa shape index (κ2) is 3.66. The number of nitrogen functional groups attached to an aromatic ring is 1. The van der Waals surface area contributed by atoms with Gasteiger partial charge in [-0.15, -0.1) is 0 Å². The molecule has 0 unspecified atom stereocenters. The van der Waals surface area contributed by atoms with Crippen LogP contribution in [0.25, 0.3) is 11.5 Å². The van der Waals surface area contributed by atoms with Crippen LogP contribution in [0.2, 0.25) is 0 Å². The highest BCUT2D eigenvalue weighted by Gasteiger charge is 2.07. The molecule has 78 valence electrons. The van der Waals surface area contributed by atoms with Crippen molar-refractivity contribution in [1.82, 2.24) is 19.7 Å². The summed E-state index contributed by atoms with van der Waals surface area (Å²) in [6.45, 7) is 1.89. The number of nitrogens with one attached hydrogen (secondary N) is 1. The van der Waals surface area contributed by atoms with Crippen LogP contribution >= 0.6 is 0 Å². The summed E-state index contributed by atoms with van der Waals surface area (Å²) in [6, 6.07) is 3.63. The maximum atomic E-state index is 5.32. The minimum atomic E-state index is 0.596. The minimum Gasteiger partial charge on any atom is -0.308 e. The molecule has 0 radical (unpaired) electrons. The number of nitrogens with two attached hydrogens (primary N) is 1. The Morgan fingerprint density at radius 1 is 1.40 bits per heavy atom. The lowest BCUT2D eigenvalue weighted by Gasteiger charge is -2.05. The van der Waals surface area contributed by atoms with Gasteiger partial charge in [0.2, 0.25) is 0 Å². The predicted molar refractivity (Wildman–Crippen MR) is 56.8 cm³/mol. The first kappa shape index (κ1) is 9.60. The van der Waals surface area contributed by atoms with Crippen molar-refractivity contribution in [1.29, 1.82) is 0 Å². The van der Waals surface area contributed by atoms with E-state index in [0.29, 0.717) is 11.6 Å². The fourth-order valence-corrected chi connectivity index (χ4v) is 1.35. The molecular formula is C9H12N6. The van der Waals surface area contributed by atoms with E-state index >= 15 is 0 Å². The number of hydrogen-bond donors (Lipinski definition) is 2. The van der Waals surface area contributed by atoms with E-state index in [2.05, 4.69) is 20.5 Å². The molecule has 2 aromatic heterocycles. The highest BCUT2D eigenvalue weighted by atomic mass is 15.3. The van der Waals surface area contributed by atoms with Crippen LogP contribution in [-0.2, 0) is 7.05 Å². The topological polar surface area (TPSA) is 81.6 Å². The van der Waals surface area contributed by atoms with Gasteiger partial charge >= 0.3 is 0 Å². The van der Waals surface area contributed by atoms with Crippen LogP contribution in [0.15, 0.2) is 18.3 Å². The van der Waals surface area contributed by atoms with Crippen molar-refractivity contribution in [3.63, 3.8) is 0 Å². The van der Waals surface area contributed by atoms with Gasteiger partial charge in [0.1, 0.15) is 11.5 Å². The van der Waals surface area contributed by atoms with Gasteiger partial charge in [-0.2, -0.15) is 5.10 Å². The molecule has 0 fully saturated rings. The summed E-state index contributed by atoms with van der Waals surface area (Å²) in [5.41, 5.74) is 4.22. The van der Waals surface area contributed by atoms with E-state index in [1.165, 1.54) is 0 Å². The van der Waals surface area contributed by atoms with E-state index in [1.54, 1.807) is 16.9 Å². The molecule has 0 aliphatic carbocycles. The third-order valence-corrected chi connectivity index (χ3v) is 2.05. The summed E-state index contributed by atoms with van der Waals surface area (Å²) in [7, 11) is 1.84. The number of nitrogens with zero attached hydrogens (tertiary/aromatic N) is 4. The highest BCUT2D eigenvalue weighted by molar-refractivity contribution is 5.52. The molecule has 6 heteroatoms. The van der Waals surface area contributed by atoms with Crippen LogP contribution in [0.5, 0.6) is 0 Å². The summed E-state index contributed by atoms with van der Waals surface area (Å²) in [4.78, 5) is 8.56. The van der Waals surface area contributed by atoms with E-state index in [0.717, 1.165) is 11.4 Å². The van der Waals surface area contributed by atoms with Gasteiger partial charge in [-0.3, -0.25) is 4.68 Å². The quantitative estimate of drug-likeness (QED) is 0.549. The number of aryl methyl sites for hydroxylation is 2. The molecule has 0 aliphatic rings. The first-order chi connectivity index (χ1) is 7.20. The standard InChI is InChI=1S/C9H12N6/c1-6-5-8(14-10)13-9(12-6)7-3-4-11-15(7)2/h3-5H,10H2,1-2H3,(H,12,13,14). The van der Waals surface area contributed by atoms with Crippen molar-refractivity contribution < 1.29 is 0 Å². The Morgan fingerprint density at radius 2 is 2.20 bits per heavy atom. The number of anilines is 1. The van der Waals surface area contributed by atoms with E-state index in [1.807, 2.05) is 20.0 Å². The largest absolute Gasteiger partial charge is 0.308 e. The zero-order chi connectivity index (χ0) is 10.8. The lowest BCUT2D eigenvalue weighted by Crippen LogP contribution is -2.10. The first-order valence-electron chi connectivity index (χ1n) is 4.51. The number of hydrogen-bond acceptors (Lipinski definition) is 5. The fraction of sp³-hybridized carbons (Fsp3) is 0.222. The monoisotopic (exact) mass is 204 g/mol. The summed E-state index contributed by atoms with van der Waals surface area (Å²) < 4.78 is 1.72. The molecule has 6 nitrogen and oxygen atoms in total. The van der Waals surface area contributed by atoms with Crippen LogP contribution in [0.1, 0.15) is 5.69 Å². The van der Waals surface area contributed by atoms with Crippen LogP contribution in [0, 0.1) is 6.92 Å². The number of aromatic nitrogens is 4. The third-order valence-electron chi connectivity index (χ3n) is 2.05. The Labute approximate surface area is 87.1 Å². The maximum Gasteiger partial charge on any atom is 0.180 e. The molecule has 2 heterocycles. The number of hydrazine groups is 1. The van der Waals surface area contributed by atoms with E-state index in [-0.39, 0.29) is 0 Å². The molecule has 2 aromatic rings. The van der Waals surface area contributed by atoms with Crippen molar-refractivity contribution in [2.45, 2.75) is 6.92 Å². The average molecular weight is 204 g/mol. The second-order valence-electron chi connectivity index (χ2n) is 3.20. The Morgan fingerprint density at radius 3 is 2.80 bits per heavy atom. The van der Waals surface area contributed by atoms with Crippen molar-refractivity contribution >= 4 is 5.82 Å². The van der Waals surface area contributed by atoms with Gasteiger partial charge in [-0.1, -0.05) is 0 Å². The van der Waals surface area contributed by atoms with E-state index in [4.69, 9.17) is 5.84 Å².